The highest BCUT2D eigenvalue weighted by Gasteiger charge is 2.27. The number of rotatable bonds is 3. The van der Waals surface area contributed by atoms with Crippen LogP contribution in [0.25, 0.3) is 0 Å². The molecule has 15 heavy (non-hydrogen) atoms. The summed E-state index contributed by atoms with van der Waals surface area (Å²) >= 11 is 0. The van der Waals surface area contributed by atoms with E-state index in [4.69, 9.17) is 5.26 Å². The van der Waals surface area contributed by atoms with Gasteiger partial charge in [-0.15, -0.1) is 0 Å². The summed E-state index contributed by atoms with van der Waals surface area (Å²) in [7, 11) is 0. The minimum absolute atomic E-state index is 0.0106. The Morgan fingerprint density at radius 3 is 2.47 bits per heavy atom. The van der Waals surface area contributed by atoms with E-state index in [9.17, 15) is 4.79 Å². The Balaban J connectivity index is 1.71. The molecular weight excluding hydrogens is 190 g/mol. The van der Waals surface area contributed by atoms with Gasteiger partial charge in [-0.2, -0.15) is 5.26 Å². The summed E-state index contributed by atoms with van der Waals surface area (Å²) in [6, 6.07) is 1.91. The van der Waals surface area contributed by atoms with Crippen LogP contribution in [0.5, 0.6) is 0 Å². The zero-order valence-corrected chi connectivity index (χ0v) is 8.98. The minimum Gasteiger partial charge on any atom is -0.339 e. The number of amides is 1. The van der Waals surface area contributed by atoms with Crippen LogP contribution in [0, 0.1) is 17.2 Å². The first kappa shape index (κ1) is 10.4. The molecule has 1 saturated carbocycles. The second-order valence-corrected chi connectivity index (χ2v) is 4.46. The maximum Gasteiger partial charge on any atom is 0.236 e. The van der Waals surface area contributed by atoms with Gasteiger partial charge in [0.25, 0.3) is 0 Å². The van der Waals surface area contributed by atoms with Crippen LogP contribution in [0.2, 0.25) is 0 Å². The van der Waals surface area contributed by atoms with Gasteiger partial charge in [0.1, 0.15) is 6.42 Å². The SMILES string of the molecule is N#CCC(=O)N1CCN(CC2CC2)CC1. The van der Waals surface area contributed by atoms with E-state index in [1.54, 1.807) is 0 Å². The number of hydrogen-bond donors (Lipinski definition) is 0. The summed E-state index contributed by atoms with van der Waals surface area (Å²) in [5.41, 5.74) is 0. The topological polar surface area (TPSA) is 47.3 Å². The van der Waals surface area contributed by atoms with Gasteiger partial charge in [-0.05, 0) is 18.8 Å². The lowest BCUT2D eigenvalue weighted by atomic mass is 10.2. The molecule has 0 radical (unpaired) electrons. The van der Waals surface area contributed by atoms with Gasteiger partial charge in [0.2, 0.25) is 5.91 Å². The highest BCUT2D eigenvalue weighted by Crippen LogP contribution is 2.29. The molecule has 1 aliphatic heterocycles. The molecule has 0 aromatic carbocycles. The second kappa shape index (κ2) is 4.63. The Bertz CT molecular complexity index is 272. The van der Waals surface area contributed by atoms with Crippen molar-refractivity contribution in [2.75, 3.05) is 32.7 Å². The van der Waals surface area contributed by atoms with Gasteiger partial charge < -0.3 is 4.90 Å². The second-order valence-electron chi connectivity index (χ2n) is 4.46. The molecule has 0 bridgehead atoms. The fraction of sp³-hybridized carbons (Fsp3) is 0.818. The quantitative estimate of drug-likeness (QED) is 0.675. The average molecular weight is 207 g/mol. The highest BCUT2D eigenvalue weighted by atomic mass is 16.2. The van der Waals surface area contributed by atoms with Crippen molar-refractivity contribution in [3.05, 3.63) is 0 Å². The highest BCUT2D eigenvalue weighted by molar-refractivity contribution is 5.78. The van der Waals surface area contributed by atoms with E-state index in [1.165, 1.54) is 19.4 Å². The van der Waals surface area contributed by atoms with Crippen LogP contribution >= 0.6 is 0 Å². The largest absolute Gasteiger partial charge is 0.339 e. The first-order valence-electron chi connectivity index (χ1n) is 5.66. The lowest BCUT2D eigenvalue weighted by molar-refractivity contribution is -0.131. The van der Waals surface area contributed by atoms with Crippen molar-refractivity contribution in [2.45, 2.75) is 19.3 Å². The van der Waals surface area contributed by atoms with Crippen LogP contribution in [0.4, 0.5) is 0 Å². The molecule has 0 N–H and O–H groups in total. The fourth-order valence-corrected chi connectivity index (χ4v) is 2.02. The fourth-order valence-electron chi connectivity index (χ4n) is 2.02. The molecule has 4 nitrogen and oxygen atoms in total. The number of nitrogens with zero attached hydrogens (tertiary/aromatic N) is 3. The Morgan fingerprint density at radius 1 is 1.27 bits per heavy atom. The average Bonchev–Trinajstić information content (AvgIpc) is 3.03. The van der Waals surface area contributed by atoms with Crippen LogP contribution < -0.4 is 0 Å². The van der Waals surface area contributed by atoms with Crippen LogP contribution in [0.15, 0.2) is 0 Å². The number of piperazine rings is 1. The first-order chi connectivity index (χ1) is 7.29. The van der Waals surface area contributed by atoms with Crippen molar-refractivity contribution in [1.82, 2.24) is 9.80 Å². The maximum atomic E-state index is 11.4. The van der Waals surface area contributed by atoms with Gasteiger partial charge >= 0.3 is 0 Å². The van der Waals surface area contributed by atoms with Gasteiger partial charge in [0.05, 0.1) is 6.07 Å². The lowest BCUT2D eigenvalue weighted by Crippen LogP contribution is -2.49. The predicted molar refractivity (Wildman–Crippen MR) is 56.0 cm³/mol. The number of carbonyl (C=O) groups is 1. The Morgan fingerprint density at radius 2 is 1.93 bits per heavy atom. The maximum absolute atomic E-state index is 11.4. The van der Waals surface area contributed by atoms with Crippen molar-refractivity contribution in [1.29, 1.82) is 5.26 Å². The Labute approximate surface area is 90.5 Å². The molecular formula is C11H17N3O. The van der Waals surface area contributed by atoms with E-state index in [0.29, 0.717) is 0 Å². The van der Waals surface area contributed by atoms with Crippen molar-refractivity contribution in [3.63, 3.8) is 0 Å². The molecule has 2 aliphatic rings. The molecule has 0 unspecified atom stereocenters. The smallest absolute Gasteiger partial charge is 0.236 e. The van der Waals surface area contributed by atoms with E-state index >= 15 is 0 Å². The van der Waals surface area contributed by atoms with Crippen molar-refractivity contribution < 1.29 is 4.79 Å². The third-order valence-electron chi connectivity index (χ3n) is 3.17. The van der Waals surface area contributed by atoms with Crippen molar-refractivity contribution in [3.8, 4) is 6.07 Å². The molecule has 1 amide bonds. The van der Waals surface area contributed by atoms with E-state index in [-0.39, 0.29) is 12.3 Å². The van der Waals surface area contributed by atoms with E-state index in [1.807, 2.05) is 11.0 Å². The predicted octanol–water partition coefficient (Wildman–Crippen LogP) is 0.454. The molecule has 82 valence electrons. The molecule has 1 aliphatic carbocycles. The van der Waals surface area contributed by atoms with Gasteiger partial charge in [0.15, 0.2) is 0 Å². The Hall–Kier alpha value is -1.08. The van der Waals surface area contributed by atoms with Gasteiger partial charge in [-0.1, -0.05) is 0 Å². The lowest BCUT2D eigenvalue weighted by Gasteiger charge is -2.34. The monoisotopic (exact) mass is 207 g/mol. The van der Waals surface area contributed by atoms with Crippen molar-refractivity contribution >= 4 is 5.91 Å². The summed E-state index contributed by atoms with van der Waals surface area (Å²) < 4.78 is 0. The Kier molecular flexibility index (Phi) is 3.22. The minimum atomic E-state index is -0.0106. The van der Waals surface area contributed by atoms with Crippen molar-refractivity contribution in [2.24, 2.45) is 5.92 Å². The molecule has 4 heteroatoms. The third-order valence-corrected chi connectivity index (χ3v) is 3.17. The summed E-state index contributed by atoms with van der Waals surface area (Å²) in [5, 5.41) is 8.44. The van der Waals surface area contributed by atoms with E-state index in [2.05, 4.69) is 4.90 Å². The zero-order chi connectivity index (χ0) is 10.7. The summed E-state index contributed by atoms with van der Waals surface area (Å²) in [5.74, 6) is 0.912. The van der Waals surface area contributed by atoms with Crippen LogP contribution in [0.1, 0.15) is 19.3 Å². The normalized spacial score (nSPS) is 22.5. The van der Waals surface area contributed by atoms with E-state index in [0.717, 1.165) is 32.1 Å². The zero-order valence-electron chi connectivity index (χ0n) is 8.98. The van der Waals surface area contributed by atoms with Crippen LogP contribution in [0.3, 0.4) is 0 Å². The summed E-state index contributed by atoms with van der Waals surface area (Å²) in [6.45, 7) is 4.77. The third kappa shape index (κ3) is 2.93. The van der Waals surface area contributed by atoms with Gasteiger partial charge in [-0.25, -0.2) is 0 Å². The number of carbonyl (C=O) groups excluding carboxylic acids is 1. The molecule has 0 spiro atoms. The molecule has 1 saturated heterocycles. The number of hydrogen-bond acceptors (Lipinski definition) is 3. The van der Waals surface area contributed by atoms with Crippen LogP contribution in [-0.4, -0.2) is 48.4 Å². The molecule has 0 atom stereocenters. The van der Waals surface area contributed by atoms with Crippen LogP contribution in [-0.2, 0) is 4.79 Å². The summed E-state index contributed by atoms with van der Waals surface area (Å²) in [4.78, 5) is 15.7. The summed E-state index contributed by atoms with van der Waals surface area (Å²) in [6.07, 6.45) is 2.80. The molecule has 1 heterocycles. The van der Waals surface area contributed by atoms with Gasteiger partial charge in [-0.3, -0.25) is 9.69 Å². The molecule has 2 rings (SSSR count). The first-order valence-corrected chi connectivity index (χ1v) is 5.66. The molecule has 2 fully saturated rings. The molecule has 0 aromatic rings. The molecule has 0 aromatic heterocycles. The van der Waals surface area contributed by atoms with E-state index < -0.39 is 0 Å². The number of nitriles is 1. The van der Waals surface area contributed by atoms with Gasteiger partial charge in [0, 0.05) is 32.7 Å². The standard InChI is InChI=1S/C11H17N3O/c12-4-3-11(15)14-7-5-13(6-8-14)9-10-1-2-10/h10H,1-3,5-9H2.